The second-order valence-electron chi connectivity index (χ2n) is 13.1. The van der Waals surface area contributed by atoms with Gasteiger partial charge in [-0.3, -0.25) is 9.69 Å². The third-order valence-electron chi connectivity index (χ3n) is 9.09. The van der Waals surface area contributed by atoms with Crippen molar-refractivity contribution in [3.8, 4) is 5.75 Å². The summed E-state index contributed by atoms with van der Waals surface area (Å²) >= 11 is 0. The van der Waals surface area contributed by atoms with Crippen LogP contribution in [0.2, 0.25) is 0 Å². The van der Waals surface area contributed by atoms with Crippen LogP contribution in [0.5, 0.6) is 5.75 Å². The van der Waals surface area contributed by atoms with Gasteiger partial charge in [0.05, 0.1) is 12.3 Å². The second-order valence-corrected chi connectivity index (χ2v) is 13.1. The number of ketones is 1. The number of nitrogens with one attached hydrogen (secondary N) is 1. The summed E-state index contributed by atoms with van der Waals surface area (Å²) in [6.07, 6.45) is 16.9. The predicted octanol–water partition coefficient (Wildman–Crippen LogP) is 8.23. The Labute approximate surface area is 270 Å². The number of rotatable bonds is 17. The van der Waals surface area contributed by atoms with E-state index in [0.29, 0.717) is 17.6 Å². The topological polar surface area (TPSA) is 58.6 Å². The van der Waals surface area contributed by atoms with Gasteiger partial charge in [-0.1, -0.05) is 82.5 Å². The Bertz CT molecular complexity index is 1100. The number of carbonyl (C=O) groups excluding carboxylic acids is 2. The average molecular weight is 603 g/mol. The van der Waals surface area contributed by atoms with Gasteiger partial charge in [0.1, 0.15) is 11.5 Å². The summed E-state index contributed by atoms with van der Waals surface area (Å²) in [5.74, 6) is 2.82. The predicted molar refractivity (Wildman–Crippen MR) is 187 cm³/mol. The minimum atomic E-state index is 0.123. The van der Waals surface area contributed by atoms with E-state index in [0.717, 1.165) is 51.2 Å². The first-order chi connectivity index (χ1) is 21.1. The van der Waals surface area contributed by atoms with Crippen LogP contribution in [0, 0.1) is 23.7 Å². The first kappa shape index (κ1) is 37.6. The normalized spacial score (nSPS) is 18.2. The molecule has 2 aliphatic heterocycles. The van der Waals surface area contributed by atoms with Crippen LogP contribution in [0.3, 0.4) is 0 Å². The van der Waals surface area contributed by atoms with Gasteiger partial charge < -0.3 is 14.8 Å². The molecule has 1 aromatic carbocycles. The molecule has 2 heterocycles. The fourth-order valence-electron chi connectivity index (χ4n) is 6.45. The molecule has 6 heteroatoms. The molecule has 0 spiro atoms. The van der Waals surface area contributed by atoms with Crippen LogP contribution in [0.25, 0.3) is 0 Å². The maximum Gasteiger partial charge on any atom is 0.162 e. The summed E-state index contributed by atoms with van der Waals surface area (Å²) in [5.41, 5.74) is 5.46. The van der Waals surface area contributed by atoms with Gasteiger partial charge >= 0.3 is 0 Å². The largest absolute Gasteiger partial charge is 0.491 e. The maximum absolute atomic E-state index is 13.5. The fourth-order valence-corrected chi connectivity index (χ4v) is 6.45. The second kappa shape index (κ2) is 20.4. The number of nitrogens with zero attached hydrogens (tertiary/aromatic N) is 1. The Morgan fingerprint density at radius 2 is 1.84 bits per heavy atom. The Balaban J connectivity index is 0.00000216. The van der Waals surface area contributed by atoms with Crippen molar-refractivity contribution in [2.75, 3.05) is 19.6 Å². The first-order valence-electron chi connectivity index (χ1n) is 17.1. The Morgan fingerprint density at radius 3 is 2.48 bits per heavy atom. The molecule has 1 N–H and O–H groups in total. The Hall–Kier alpha value is -2.60. The molecule has 3 unspecified atom stereocenters. The number of hydrogen-bond acceptors (Lipinski definition) is 5. The molecule has 0 bridgehead atoms. The highest BCUT2D eigenvalue weighted by atomic mass is 16.5. The third-order valence-corrected chi connectivity index (χ3v) is 9.09. The van der Waals surface area contributed by atoms with Crippen molar-refractivity contribution in [1.29, 1.82) is 0 Å². The zero-order chi connectivity index (χ0) is 32.5. The molecule has 1 saturated heterocycles. The highest BCUT2D eigenvalue weighted by molar-refractivity contribution is 6.48. The van der Waals surface area contributed by atoms with Crippen LogP contribution >= 0.6 is 0 Å². The van der Waals surface area contributed by atoms with Crippen LogP contribution in [-0.4, -0.2) is 50.5 Å². The Kier molecular flexibility index (Phi) is 17.5. The van der Waals surface area contributed by atoms with E-state index in [1.54, 1.807) is 0 Å². The van der Waals surface area contributed by atoms with Crippen LogP contribution in [0.1, 0.15) is 105 Å². The van der Waals surface area contributed by atoms with Gasteiger partial charge in [-0.15, -0.1) is 0 Å². The molecule has 3 rings (SSSR count). The molecule has 44 heavy (non-hydrogen) atoms. The van der Waals surface area contributed by atoms with E-state index < -0.39 is 0 Å². The first-order valence-corrected chi connectivity index (χ1v) is 17.1. The van der Waals surface area contributed by atoms with E-state index in [9.17, 15) is 4.79 Å². The highest BCUT2D eigenvalue weighted by Gasteiger charge is 2.36. The number of benzene rings is 1. The number of allylic oxidation sites excluding steroid dienone is 6. The monoisotopic (exact) mass is 602 g/mol. The van der Waals surface area contributed by atoms with Crippen molar-refractivity contribution >= 4 is 19.8 Å². The smallest absolute Gasteiger partial charge is 0.162 e. The number of carbonyl (C=O) groups is 2. The quantitative estimate of drug-likeness (QED) is 0.111. The molecule has 242 valence electrons. The van der Waals surface area contributed by atoms with E-state index in [2.05, 4.69) is 103 Å². The third kappa shape index (κ3) is 12.8. The molecule has 0 amide bonds. The van der Waals surface area contributed by atoms with Gasteiger partial charge in [0.25, 0.3) is 0 Å². The lowest BCUT2D eigenvalue weighted by Gasteiger charge is -2.40. The summed E-state index contributed by atoms with van der Waals surface area (Å²) in [4.78, 5) is 24.4. The average Bonchev–Trinajstić information content (AvgIpc) is 2.97. The molecule has 3 atom stereocenters. The fraction of sp³-hybridized carbons (Fsp3) is 0.632. The Morgan fingerprint density at radius 1 is 1.14 bits per heavy atom. The summed E-state index contributed by atoms with van der Waals surface area (Å²) in [5, 5.41) is 3.51. The van der Waals surface area contributed by atoms with Crippen LogP contribution in [0.15, 0.2) is 59.3 Å². The molecule has 1 aromatic rings. The van der Waals surface area contributed by atoms with Gasteiger partial charge in [-0.2, -0.15) is 0 Å². The summed E-state index contributed by atoms with van der Waals surface area (Å²) in [6, 6.07) is 8.31. The van der Waals surface area contributed by atoms with Crippen molar-refractivity contribution in [1.82, 2.24) is 10.2 Å². The molecular formula is C38H59BN2O3. The molecule has 0 saturated carbocycles. The number of para-hydroxylation sites is 1. The van der Waals surface area contributed by atoms with E-state index in [-0.39, 0.29) is 24.1 Å². The van der Waals surface area contributed by atoms with Gasteiger partial charge in [-0.05, 0) is 82.8 Å². The zero-order valence-electron chi connectivity index (χ0n) is 28.7. The minimum absolute atomic E-state index is 0.123. The van der Waals surface area contributed by atoms with Crippen molar-refractivity contribution in [3.63, 3.8) is 0 Å². The maximum atomic E-state index is 13.5. The molecule has 5 nitrogen and oxygen atoms in total. The van der Waals surface area contributed by atoms with Gasteiger partial charge in [-0.25, -0.2) is 0 Å². The van der Waals surface area contributed by atoms with Crippen LogP contribution in [0.4, 0.5) is 0 Å². The molecule has 0 aromatic heterocycles. The molecule has 2 aliphatic rings. The van der Waals surface area contributed by atoms with Crippen molar-refractivity contribution in [3.05, 3.63) is 64.9 Å². The molecular weight excluding hydrogens is 543 g/mol. The van der Waals surface area contributed by atoms with E-state index in [1.165, 1.54) is 54.5 Å². The van der Waals surface area contributed by atoms with Crippen LogP contribution in [-0.2, 0) is 16.1 Å². The lowest BCUT2D eigenvalue weighted by Crippen LogP contribution is -2.51. The highest BCUT2D eigenvalue weighted by Crippen LogP contribution is 2.32. The number of hydrogen-bond donors (Lipinski definition) is 1. The lowest BCUT2D eigenvalue weighted by molar-refractivity contribution is -0.133. The van der Waals surface area contributed by atoms with E-state index in [4.69, 9.17) is 9.53 Å². The zero-order valence-corrected chi connectivity index (χ0v) is 28.7. The van der Waals surface area contributed by atoms with Crippen molar-refractivity contribution in [2.45, 2.75) is 112 Å². The molecule has 1 fully saturated rings. The van der Waals surface area contributed by atoms with E-state index >= 15 is 0 Å². The summed E-state index contributed by atoms with van der Waals surface area (Å²) in [6.45, 7) is 19.0. The lowest BCUT2D eigenvalue weighted by atomic mass is 9.77. The minimum Gasteiger partial charge on any atom is -0.491 e. The standard InChI is InChI=1S/C37H58N2O2.CHBO/c1-8-13-31(20-21-33-16-12-22-38-30(33)7)18-19-32(14-9-2)23-28(5)29(6)37(40)35-25-39(26-35)24-34-15-10-11-17-36(34)41-27(3)4;2-1-3/h10-11,13,15,17,20-21,27-29,32,35,38H,8-9,12,14,16,18-19,22-26H2,1-7H3;1H/b21-20-,31-13+;. The van der Waals surface area contributed by atoms with Crippen molar-refractivity contribution < 1.29 is 14.3 Å². The summed E-state index contributed by atoms with van der Waals surface area (Å²) in [7, 11) is 4.17. The van der Waals surface area contributed by atoms with Crippen molar-refractivity contribution in [2.24, 2.45) is 23.7 Å². The molecule has 0 aliphatic carbocycles. The van der Waals surface area contributed by atoms with Gasteiger partial charge in [0.2, 0.25) is 0 Å². The van der Waals surface area contributed by atoms with Gasteiger partial charge in [0.15, 0.2) is 7.85 Å². The van der Waals surface area contributed by atoms with Gasteiger partial charge in [0, 0.05) is 49.3 Å². The number of ether oxygens (including phenoxy) is 1. The SMILES string of the molecule is CC/C=C(/C=C\C1=C(C)NCCC1)CCC(CCC)CC(C)C(C)C(=O)C1CN(Cc2ccccc2OC(C)C)C1.[B]C=O. The van der Waals surface area contributed by atoms with E-state index in [1.807, 2.05) is 6.07 Å². The number of Topliss-reactive ketones (excluding diaryl/α,β-unsaturated/α-hetero) is 1. The molecule has 2 radical (unpaired) electrons. The van der Waals surface area contributed by atoms with Crippen LogP contribution < -0.4 is 10.1 Å². The summed E-state index contributed by atoms with van der Waals surface area (Å²) < 4.78 is 6.00. The number of likely N-dealkylation sites (tertiary alicyclic amines) is 1.